The standard InChI is InChI=1S/C24H23FN2O6S/c1-3-24(31)17-7-20-21-14(9-27(20)22(29)15(17)10-33-23(24)30)16(11-34(32)5-4-28)13-6-12(2)18(25)8-19(13)26-21/h6-8,28,31H,3-5,9-11H2,1-2H3/t24-,34+/m0/s1. The van der Waals surface area contributed by atoms with Crippen molar-refractivity contribution in [3.05, 3.63) is 62.2 Å². The zero-order chi connectivity index (χ0) is 24.4. The largest absolute Gasteiger partial charge is 0.458 e. The molecule has 34 heavy (non-hydrogen) atoms. The average molecular weight is 487 g/mol. The number of ether oxygens (including phenoxy) is 1. The zero-order valence-corrected chi connectivity index (χ0v) is 19.5. The van der Waals surface area contributed by atoms with Crippen molar-refractivity contribution in [2.24, 2.45) is 0 Å². The summed E-state index contributed by atoms with van der Waals surface area (Å²) in [7, 11) is -1.39. The molecule has 5 rings (SSSR count). The number of rotatable bonds is 5. The molecule has 2 atom stereocenters. The van der Waals surface area contributed by atoms with Crippen LogP contribution < -0.4 is 5.56 Å². The van der Waals surface area contributed by atoms with Crippen molar-refractivity contribution in [3.8, 4) is 11.4 Å². The molecule has 0 aliphatic carbocycles. The lowest BCUT2D eigenvalue weighted by atomic mass is 9.86. The molecule has 2 aliphatic rings. The number of aliphatic hydroxyl groups excluding tert-OH is 1. The number of nitrogens with zero attached hydrogens (tertiary/aromatic N) is 2. The number of hydrogen-bond donors (Lipinski definition) is 2. The summed E-state index contributed by atoms with van der Waals surface area (Å²) < 4.78 is 33.6. The second-order valence-electron chi connectivity index (χ2n) is 8.65. The van der Waals surface area contributed by atoms with E-state index in [0.717, 1.165) is 0 Å². The van der Waals surface area contributed by atoms with E-state index in [1.54, 1.807) is 26.0 Å². The van der Waals surface area contributed by atoms with Gasteiger partial charge >= 0.3 is 5.97 Å². The number of hydrogen-bond acceptors (Lipinski definition) is 7. The second-order valence-corrected chi connectivity index (χ2v) is 10.2. The number of aromatic nitrogens is 2. The third-order valence-corrected chi connectivity index (χ3v) is 7.96. The van der Waals surface area contributed by atoms with Gasteiger partial charge in [-0.25, -0.2) is 14.2 Å². The van der Waals surface area contributed by atoms with Crippen LogP contribution >= 0.6 is 0 Å². The van der Waals surface area contributed by atoms with Crippen molar-refractivity contribution in [2.45, 2.75) is 44.8 Å². The number of benzene rings is 1. The van der Waals surface area contributed by atoms with E-state index in [0.29, 0.717) is 39.0 Å². The summed E-state index contributed by atoms with van der Waals surface area (Å²) >= 11 is 0. The maximum atomic E-state index is 14.4. The first-order valence-corrected chi connectivity index (χ1v) is 12.4. The minimum atomic E-state index is -1.95. The predicted octanol–water partition coefficient (Wildman–Crippen LogP) is 1.77. The molecular formula is C24H23FN2O6S. The molecule has 2 aromatic heterocycles. The first kappa shape index (κ1) is 22.8. The number of carbonyl (C=O) groups is 1. The predicted molar refractivity (Wildman–Crippen MR) is 123 cm³/mol. The van der Waals surface area contributed by atoms with Crippen LogP contribution in [0.5, 0.6) is 0 Å². The highest BCUT2D eigenvalue weighted by Crippen LogP contribution is 2.40. The van der Waals surface area contributed by atoms with Crippen LogP contribution in [-0.2, 0) is 44.8 Å². The van der Waals surface area contributed by atoms with Gasteiger partial charge in [-0.05, 0) is 36.6 Å². The minimum Gasteiger partial charge on any atom is -0.458 e. The zero-order valence-electron chi connectivity index (χ0n) is 18.7. The third-order valence-electron chi connectivity index (χ3n) is 6.71. The fourth-order valence-electron chi connectivity index (χ4n) is 4.79. The van der Waals surface area contributed by atoms with Gasteiger partial charge in [-0.3, -0.25) is 9.00 Å². The van der Waals surface area contributed by atoms with Crippen molar-refractivity contribution in [3.63, 3.8) is 0 Å². The van der Waals surface area contributed by atoms with E-state index < -0.39 is 33.7 Å². The van der Waals surface area contributed by atoms with Crippen LogP contribution in [0.15, 0.2) is 23.0 Å². The number of esters is 1. The van der Waals surface area contributed by atoms with Crippen LogP contribution in [0.2, 0.25) is 0 Å². The molecule has 2 aliphatic heterocycles. The van der Waals surface area contributed by atoms with E-state index >= 15 is 0 Å². The molecule has 10 heteroatoms. The molecule has 0 unspecified atom stereocenters. The molecule has 0 fully saturated rings. The number of aliphatic hydroxyl groups is 2. The van der Waals surface area contributed by atoms with Gasteiger partial charge in [0.2, 0.25) is 0 Å². The Labute approximate surface area is 196 Å². The lowest BCUT2D eigenvalue weighted by molar-refractivity contribution is -0.172. The van der Waals surface area contributed by atoms with Crippen molar-refractivity contribution in [1.29, 1.82) is 0 Å². The molecule has 0 bridgehead atoms. The first-order chi connectivity index (χ1) is 16.2. The van der Waals surface area contributed by atoms with Crippen LogP contribution in [0.25, 0.3) is 22.3 Å². The van der Waals surface area contributed by atoms with Crippen molar-refractivity contribution in [2.75, 3.05) is 12.4 Å². The maximum Gasteiger partial charge on any atom is 0.343 e. The molecule has 0 amide bonds. The number of carbonyl (C=O) groups excluding carboxylic acids is 1. The van der Waals surface area contributed by atoms with Gasteiger partial charge in [-0.15, -0.1) is 0 Å². The summed E-state index contributed by atoms with van der Waals surface area (Å²) in [6.07, 6.45) is 0.0234. The van der Waals surface area contributed by atoms with Crippen LogP contribution in [0.1, 0.15) is 41.2 Å². The normalized spacial score (nSPS) is 19.5. The van der Waals surface area contributed by atoms with E-state index in [-0.39, 0.29) is 48.8 Å². The second kappa shape index (κ2) is 8.07. The topological polar surface area (TPSA) is 119 Å². The van der Waals surface area contributed by atoms with Crippen molar-refractivity contribution >= 4 is 27.7 Å². The molecular weight excluding hydrogens is 463 g/mol. The van der Waals surface area contributed by atoms with Gasteiger partial charge in [-0.1, -0.05) is 6.92 Å². The number of pyridine rings is 2. The molecule has 0 spiro atoms. The van der Waals surface area contributed by atoms with Gasteiger partial charge in [0.05, 0.1) is 35.6 Å². The minimum absolute atomic E-state index is 0.0234. The summed E-state index contributed by atoms with van der Waals surface area (Å²) in [5.41, 5.74) is 0.981. The fourth-order valence-corrected chi connectivity index (χ4v) is 5.79. The van der Waals surface area contributed by atoms with Gasteiger partial charge in [0.1, 0.15) is 12.4 Å². The molecule has 8 nitrogen and oxygen atoms in total. The Morgan fingerprint density at radius 3 is 2.74 bits per heavy atom. The Bertz CT molecular complexity index is 1470. The van der Waals surface area contributed by atoms with Crippen LogP contribution in [0.4, 0.5) is 4.39 Å². The molecule has 0 saturated carbocycles. The average Bonchev–Trinajstić information content (AvgIpc) is 3.17. The van der Waals surface area contributed by atoms with Gasteiger partial charge in [-0.2, -0.15) is 0 Å². The Balaban J connectivity index is 1.80. The Morgan fingerprint density at radius 2 is 2.03 bits per heavy atom. The van der Waals surface area contributed by atoms with E-state index in [1.807, 2.05) is 0 Å². The molecule has 2 N–H and O–H groups in total. The number of halogens is 1. The third kappa shape index (κ3) is 3.24. The summed E-state index contributed by atoms with van der Waals surface area (Å²) in [5, 5.41) is 20.9. The van der Waals surface area contributed by atoms with Crippen LogP contribution in [0.3, 0.4) is 0 Å². The quantitative estimate of drug-likeness (QED) is 0.413. The highest BCUT2D eigenvalue weighted by atomic mass is 32.2. The van der Waals surface area contributed by atoms with Gasteiger partial charge < -0.3 is 19.5 Å². The lowest BCUT2D eigenvalue weighted by Crippen LogP contribution is -2.44. The van der Waals surface area contributed by atoms with Crippen LogP contribution in [-0.4, -0.2) is 42.3 Å². The highest BCUT2D eigenvalue weighted by Gasteiger charge is 2.45. The highest BCUT2D eigenvalue weighted by molar-refractivity contribution is 7.84. The van der Waals surface area contributed by atoms with E-state index in [4.69, 9.17) is 4.74 Å². The molecule has 0 radical (unpaired) electrons. The van der Waals surface area contributed by atoms with Crippen molar-refractivity contribution in [1.82, 2.24) is 9.55 Å². The molecule has 178 valence electrons. The number of fused-ring (bicyclic) bond motifs is 5. The molecule has 3 aromatic rings. The number of cyclic esters (lactones) is 1. The fraction of sp³-hybridized carbons (Fsp3) is 0.375. The summed E-state index contributed by atoms with van der Waals surface area (Å²) in [6, 6.07) is 4.55. The Kier molecular flexibility index (Phi) is 5.42. The summed E-state index contributed by atoms with van der Waals surface area (Å²) in [4.78, 5) is 30.4. The van der Waals surface area contributed by atoms with Crippen molar-refractivity contribution < 1.29 is 28.3 Å². The lowest BCUT2D eigenvalue weighted by Gasteiger charge is -2.31. The summed E-state index contributed by atoms with van der Waals surface area (Å²) in [5.74, 6) is -1.06. The van der Waals surface area contributed by atoms with Gasteiger partial charge in [0, 0.05) is 44.9 Å². The first-order valence-electron chi connectivity index (χ1n) is 10.9. The van der Waals surface area contributed by atoms with E-state index in [2.05, 4.69) is 4.98 Å². The molecule has 0 saturated heterocycles. The van der Waals surface area contributed by atoms with Gasteiger partial charge in [0.15, 0.2) is 5.60 Å². The monoisotopic (exact) mass is 486 g/mol. The summed E-state index contributed by atoms with van der Waals surface area (Å²) in [6.45, 7) is 2.94. The van der Waals surface area contributed by atoms with Crippen LogP contribution in [0, 0.1) is 12.7 Å². The molecule has 4 heterocycles. The van der Waals surface area contributed by atoms with E-state index in [9.17, 15) is 28.4 Å². The SMILES string of the molecule is CC[C@@]1(O)C(=O)OCc2c1cc1n(c2=O)Cc2c-1nc1cc(F)c(C)cc1c2C[S@](=O)CCO. The molecule has 1 aromatic carbocycles. The van der Waals surface area contributed by atoms with E-state index in [1.165, 1.54) is 10.6 Å². The maximum absolute atomic E-state index is 14.4. The smallest absolute Gasteiger partial charge is 0.343 e. The van der Waals surface area contributed by atoms with Gasteiger partial charge in [0.25, 0.3) is 5.56 Å². The number of aryl methyl sites for hydroxylation is 1. The Hall–Kier alpha value is -2.95. The Morgan fingerprint density at radius 1 is 1.26 bits per heavy atom.